The summed E-state index contributed by atoms with van der Waals surface area (Å²) >= 11 is 0. The summed E-state index contributed by atoms with van der Waals surface area (Å²) < 4.78 is 11.5. The highest BCUT2D eigenvalue weighted by atomic mass is 16.7. The Labute approximate surface area is 147 Å². The van der Waals surface area contributed by atoms with Gasteiger partial charge in [-0.2, -0.15) is 0 Å². The minimum atomic E-state index is -0.342. The second-order valence-corrected chi connectivity index (χ2v) is 6.00. The van der Waals surface area contributed by atoms with Gasteiger partial charge < -0.3 is 14.8 Å². The zero-order chi connectivity index (χ0) is 17.8. The molecule has 25 heavy (non-hydrogen) atoms. The van der Waals surface area contributed by atoms with Crippen molar-refractivity contribution in [2.45, 2.75) is 26.1 Å². The Morgan fingerprint density at radius 1 is 1.28 bits per heavy atom. The van der Waals surface area contributed by atoms with E-state index in [1.165, 1.54) is 19.7 Å². The van der Waals surface area contributed by atoms with E-state index >= 15 is 0 Å². The number of carbonyl (C=O) groups excluding carboxylic acids is 1. The van der Waals surface area contributed by atoms with E-state index in [0.717, 1.165) is 28.5 Å². The summed E-state index contributed by atoms with van der Waals surface area (Å²) in [7, 11) is 2.97. The van der Waals surface area contributed by atoms with Gasteiger partial charge in [-0.25, -0.2) is 9.86 Å². The molecule has 1 heterocycles. The van der Waals surface area contributed by atoms with Crippen molar-refractivity contribution in [3.05, 3.63) is 53.6 Å². The Hall–Kier alpha value is -2.73. The fourth-order valence-corrected chi connectivity index (χ4v) is 2.65. The Balaban J connectivity index is 1.56. The van der Waals surface area contributed by atoms with Gasteiger partial charge in [0.2, 0.25) is 0 Å². The Morgan fingerprint density at radius 2 is 2.04 bits per heavy atom. The molecule has 3 rings (SSSR count). The van der Waals surface area contributed by atoms with E-state index in [2.05, 4.69) is 18.3 Å². The lowest BCUT2D eigenvalue weighted by atomic mass is 10.1. The molecule has 0 bridgehead atoms. The number of hydrogen-bond acceptors (Lipinski definition) is 4. The summed E-state index contributed by atoms with van der Waals surface area (Å²) in [6.07, 6.45) is 1.18. The van der Waals surface area contributed by atoms with Gasteiger partial charge in [-0.1, -0.05) is 6.07 Å². The standard InChI is InChI=1S/C19H22N2O4/c1-13-10-15-11-14(4-9-18(15)25-13)12-24-17-7-5-16(6-8-17)20-19(22)21(2)23-3/h4-9,11,13H,10,12H2,1-3H3,(H,20,22). The second-order valence-electron chi connectivity index (χ2n) is 6.00. The minimum absolute atomic E-state index is 0.242. The normalized spacial score (nSPS) is 15.2. The lowest BCUT2D eigenvalue weighted by Gasteiger charge is -2.14. The highest BCUT2D eigenvalue weighted by Gasteiger charge is 2.18. The zero-order valence-corrected chi connectivity index (χ0v) is 14.6. The van der Waals surface area contributed by atoms with Crippen LogP contribution in [0.2, 0.25) is 0 Å². The molecule has 0 aromatic heterocycles. The third-order valence-corrected chi connectivity index (χ3v) is 4.03. The summed E-state index contributed by atoms with van der Waals surface area (Å²) in [5.41, 5.74) is 3.01. The first-order valence-corrected chi connectivity index (χ1v) is 8.15. The maximum Gasteiger partial charge on any atom is 0.345 e. The fourth-order valence-electron chi connectivity index (χ4n) is 2.65. The number of carbonyl (C=O) groups is 1. The van der Waals surface area contributed by atoms with E-state index in [4.69, 9.17) is 14.3 Å². The molecule has 1 unspecified atom stereocenters. The van der Waals surface area contributed by atoms with Gasteiger partial charge in [0.15, 0.2) is 0 Å². The first-order chi connectivity index (χ1) is 12.0. The summed E-state index contributed by atoms with van der Waals surface area (Å²) in [4.78, 5) is 16.5. The minimum Gasteiger partial charge on any atom is -0.490 e. The molecule has 0 aliphatic carbocycles. The Morgan fingerprint density at radius 3 is 2.76 bits per heavy atom. The molecule has 0 saturated heterocycles. The van der Waals surface area contributed by atoms with Crippen LogP contribution in [0.25, 0.3) is 0 Å². The van der Waals surface area contributed by atoms with Crippen molar-refractivity contribution >= 4 is 11.7 Å². The van der Waals surface area contributed by atoms with E-state index in [0.29, 0.717) is 12.3 Å². The Kier molecular flexibility index (Phi) is 5.09. The number of fused-ring (bicyclic) bond motifs is 1. The van der Waals surface area contributed by atoms with E-state index in [9.17, 15) is 4.79 Å². The van der Waals surface area contributed by atoms with Crippen molar-refractivity contribution in [2.24, 2.45) is 0 Å². The summed E-state index contributed by atoms with van der Waals surface area (Å²) in [5.74, 6) is 1.71. The molecule has 2 aromatic rings. The van der Waals surface area contributed by atoms with E-state index in [1.807, 2.05) is 24.3 Å². The smallest absolute Gasteiger partial charge is 0.345 e. The van der Waals surface area contributed by atoms with Crippen LogP contribution in [0.1, 0.15) is 18.1 Å². The van der Waals surface area contributed by atoms with Crippen LogP contribution in [0.4, 0.5) is 10.5 Å². The van der Waals surface area contributed by atoms with Gasteiger partial charge >= 0.3 is 6.03 Å². The average molecular weight is 342 g/mol. The first-order valence-electron chi connectivity index (χ1n) is 8.15. The van der Waals surface area contributed by atoms with E-state index in [1.54, 1.807) is 12.1 Å². The molecular weight excluding hydrogens is 320 g/mol. The SMILES string of the molecule is CON(C)C(=O)Nc1ccc(OCc2ccc3c(c2)CC(C)O3)cc1. The van der Waals surface area contributed by atoms with Gasteiger partial charge in [0.05, 0.1) is 7.11 Å². The highest BCUT2D eigenvalue weighted by molar-refractivity contribution is 5.88. The number of hydroxylamine groups is 2. The van der Waals surface area contributed by atoms with Gasteiger partial charge in [0.1, 0.15) is 24.2 Å². The van der Waals surface area contributed by atoms with Crippen molar-refractivity contribution in [2.75, 3.05) is 19.5 Å². The van der Waals surface area contributed by atoms with Crippen LogP contribution in [0.15, 0.2) is 42.5 Å². The molecule has 1 atom stereocenters. The van der Waals surface area contributed by atoms with Crippen LogP contribution >= 0.6 is 0 Å². The number of benzene rings is 2. The van der Waals surface area contributed by atoms with Gasteiger partial charge in [-0.3, -0.25) is 4.84 Å². The highest BCUT2D eigenvalue weighted by Crippen LogP contribution is 2.29. The van der Waals surface area contributed by atoms with Crippen molar-refractivity contribution in [1.82, 2.24) is 5.06 Å². The van der Waals surface area contributed by atoms with Crippen molar-refractivity contribution in [3.63, 3.8) is 0 Å². The molecule has 0 fully saturated rings. The lowest BCUT2D eigenvalue weighted by molar-refractivity contribution is -0.0598. The van der Waals surface area contributed by atoms with Gasteiger partial charge in [-0.05, 0) is 54.4 Å². The number of ether oxygens (including phenoxy) is 2. The maximum atomic E-state index is 11.7. The maximum absolute atomic E-state index is 11.7. The summed E-state index contributed by atoms with van der Waals surface area (Å²) in [6.45, 7) is 2.56. The Bertz CT molecular complexity index is 746. The molecule has 6 nitrogen and oxygen atoms in total. The molecule has 1 N–H and O–H groups in total. The number of anilines is 1. The second kappa shape index (κ2) is 7.44. The van der Waals surface area contributed by atoms with Crippen LogP contribution in [-0.2, 0) is 17.9 Å². The number of amides is 2. The molecule has 6 heteroatoms. The number of hydrogen-bond donors (Lipinski definition) is 1. The van der Waals surface area contributed by atoms with Crippen LogP contribution < -0.4 is 14.8 Å². The first kappa shape index (κ1) is 17.1. The van der Waals surface area contributed by atoms with Crippen LogP contribution in [0.3, 0.4) is 0 Å². The molecule has 132 valence electrons. The lowest BCUT2D eigenvalue weighted by Crippen LogP contribution is -2.30. The average Bonchev–Trinajstić information content (AvgIpc) is 2.99. The third-order valence-electron chi connectivity index (χ3n) is 4.03. The molecule has 2 amide bonds. The van der Waals surface area contributed by atoms with E-state index in [-0.39, 0.29) is 12.1 Å². The molecular formula is C19H22N2O4. The molecule has 0 spiro atoms. The van der Waals surface area contributed by atoms with Crippen LogP contribution in [-0.4, -0.2) is 31.4 Å². The van der Waals surface area contributed by atoms with Crippen LogP contribution in [0, 0.1) is 0 Å². The van der Waals surface area contributed by atoms with Crippen LogP contribution in [0.5, 0.6) is 11.5 Å². The quantitative estimate of drug-likeness (QED) is 0.843. The predicted molar refractivity (Wildman–Crippen MR) is 94.8 cm³/mol. The third kappa shape index (κ3) is 4.22. The molecule has 2 aromatic carbocycles. The molecule has 0 radical (unpaired) electrons. The van der Waals surface area contributed by atoms with Crippen molar-refractivity contribution in [1.29, 1.82) is 0 Å². The zero-order valence-electron chi connectivity index (χ0n) is 14.6. The largest absolute Gasteiger partial charge is 0.490 e. The monoisotopic (exact) mass is 342 g/mol. The predicted octanol–water partition coefficient (Wildman–Crippen LogP) is 3.61. The number of rotatable bonds is 5. The van der Waals surface area contributed by atoms with E-state index < -0.39 is 0 Å². The van der Waals surface area contributed by atoms with Crippen molar-refractivity contribution < 1.29 is 19.1 Å². The number of nitrogens with zero attached hydrogens (tertiary/aromatic N) is 1. The summed E-state index contributed by atoms with van der Waals surface area (Å²) in [6, 6.07) is 13.0. The van der Waals surface area contributed by atoms with Gasteiger partial charge in [-0.15, -0.1) is 0 Å². The number of nitrogens with one attached hydrogen (secondary N) is 1. The topological polar surface area (TPSA) is 60.0 Å². The molecule has 0 saturated carbocycles. The van der Waals surface area contributed by atoms with Crippen molar-refractivity contribution in [3.8, 4) is 11.5 Å². The molecule has 1 aliphatic rings. The number of urea groups is 1. The van der Waals surface area contributed by atoms with Gasteiger partial charge in [0.25, 0.3) is 0 Å². The van der Waals surface area contributed by atoms with Gasteiger partial charge in [0, 0.05) is 19.2 Å². The summed E-state index contributed by atoms with van der Waals surface area (Å²) in [5, 5.41) is 3.83. The molecule has 1 aliphatic heterocycles. The fraction of sp³-hybridized carbons (Fsp3) is 0.316.